The molecule has 1 aromatic carbocycles. The van der Waals surface area contributed by atoms with E-state index >= 15 is 0 Å². The summed E-state index contributed by atoms with van der Waals surface area (Å²) in [5.74, 6) is 0.577. The van der Waals surface area contributed by atoms with Crippen LogP contribution in [-0.2, 0) is 19.5 Å². The summed E-state index contributed by atoms with van der Waals surface area (Å²) in [5.41, 5.74) is 4.05. The zero-order valence-electron chi connectivity index (χ0n) is 12.8. The van der Waals surface area contributed by atoms with Gasteiger partial charge < -0.3 is 5.32 Å². The van der Waals surface area contributed by atoms with E-state index in [1.807, 2.05) is 4.68 Å². The number of aromatic nitrogens is 3. The highest BCUT2D eigenvalue weighted by molar-refractivity contribution is 5.32. The van der Waals surface area contributed by atoms with Crippen LogP contribution in [0.5, 0.6) is 0 Å². The molecule has 3 rings (SSSR count). The fourth-order valence-corrected chi connectivity index (χ4v) is 3.17. The van der Waals surface area contributed by atoms with Crippen molar-refractivity contribution in [3.8, 4) is 0 Å². The van der Waals surface area contributed by atoms with E-state index in [0.29, 0.717) is 5.92 Å². The molecule has 1 atom stereocenters. The number of benzene rings is 1. The van der Waals surface area contributed by atoms with Crippen LogP contribution >= 0.6 is 0 Å². The van der Waals surface area contributed by atoms with Crippen LogP contribution in [0.1, 0.15) is 48.9 Å². The van der Waals surface area contributed by atoms with Gasteiger partial charge in [0.25, 0.3) is 0 Å². The summed E-state index contributed by atoms with van der Waals surface area (Å²) >= 11 is 0. The van der Waals surface area contributed by atoms with Crippen LogP contribution in [0, 0.1) is 0 Å². The Kier molecular flexibility index (Phi) is 4.65. The van der Waals surface area contributed by atoms with Crippen molar-refractivity contribution in [2.45, 2.75) is 51.6 Å². The smallest absolute Gasteiger partial charge is 0.0964 e. The number of nitrogens with zero attached hydrogens (tertiary/aromatic N) is 3. The Morgan fingerprint density at radius 1 is 1.33 bits per heavy atom. The van der Waals surface area contributed by atoms with Gasteiger partial charge in [-0.05, 0) is 43.4 Å². The number of fused-ring (bicyclic) bond motifs is 1. The monoisotopic (exact) mass is 284 g/mol. The Bertz CT molecular complexity index is 576. The minimum absolute atomic E-state index is 0.577. The minimum Gasteiger partial charge on any atom is -0.311 e. The van der Waals surface area contributed by atoms with Crippen molar-refractivity contribution in [1.29, 1.82) is 0 Å². The molecule has 0 saturated heterocycles. The Hall–Kier alpha value is -1.68. The molecule has 0 spiro atoms. The maximum atomic E-state index is 4.29. The van der Waals surface area contributed by atoms with E-state index < -0.39 is 0 Å². The highest BCUT2D eigenvalue weighted by Gasteiger charge is 2.20. The Morgan fingerprint density at radius 2 is 2.24 bits per heavy atom. The number of rotatable bonds is 6. The van der Waals surface area contributed by atoms with Crippen LogP contribution in [-0.4, -0.2) is 21.5 Å². The van der Waals surface area contributed by atoms with Crippen LogP contribution < -0.4 is 5.32 Å². The molecule has 1 aliphatic rings. The molecule has 1 N–H and O–H groups in total. The standard InChI is InChI=1S/C17H24N4/c1-2-10-18-11-16-13-21(20-19-16)12-15-8-5-7-14-6-3-4-9-17(14)15/h3-4,6,9,13,15,18H,2,5,7-8,10-12H2,1H3. The number of nitrogens with one attached hydrogen (secondary N) is 1. The zero-order valence-corrected chi connectivity index (χ0v) is 12.8. The van der Waals surface area contributed by atoms with E-state index in [2.05, 4.69) is 53.0 Å². The zero-order chi connectivity index (χ0) is 14.5. The van der Waals surface area contributed by atoms with Crippen molar-refractivity contribution >= 4 is 0 Å². The first-order valence-electron chi connectivity index (χ1n) is 8.04. The lowest BCUT2D eigenvalue weighted by Gasteiger charge is -2.25. The highest BCUT2D eigenvalue weighted by atomic mass is 15.4. The van der Waals surface area contributed by atoms with Crippen molar-refractivity contribution < 1.29 is 0 Å². The first kappa shape index (κ1) is 14.3. The van der Waals surface area contributed by atoms with Gasteiger partial charge in [0.1, 0.15) is 0 Å². The number of hydrogen-bond acceptors (Lipinski definition) is 3. The average molecular weight is 284 g/mol. The highest BCUT2D eigenvalue weighted by Crippen LogP contribution is 2.32. The maximum absolute atomic E-state index is 4.29. The molecule has 0 amide bonds. The second kappa shape index (κ2) is 6.85. The summed E-state index contributed by atoms with van der Waals surface area (Å²) in [5, 5.41) is 11.9. The molecule has 4 heteroatoms. The SMILES string of the molecule is CCCNCc1cn(CC2CCCc3ccccc32)nn1. The van der Waals surface area contributed by atoms with Gasteiger partial charge in [0.2, 0.25) is 0 Å². The van der Waals surface area contributed by atoms with Gasteiger partial charge in [0.15, 0.2) is 0 Å². The van der Waals surface area contributed by atoms with E-state index in [0.717, 1.165) is 31.7 Å². The summed E-state index contributed by atoms with van der Waals surface area (Å²) in [6.45, 7) is 4.96. The summed E-state index contributed by atoms with van der Waals surface area (Å²) in [7, 11) is 0. The summed E-state index contributed by atoms with van der Waals surface area (Å²) in [6, 6.07) is 8.84. The molecule has 1 unspecified atom stereocenters. The van der Waals surface area contributed by atoms with Gasteiger partial charge in [-0.2, -0.15) is 0 Å². The van der Waals surface area contributed by atoms with Crippen molar-refractivity contribution in [3.05, 3.63) is 47.3 Å². The molecule has 0 saturated carbocycles. The minimum atomic E-state index is 0.577. The van der Waals surface area contributed by atoms with E-state index in [1.54, 1.807) is 0 Å². The summed E-state index contributed by atoms with van der Waals surface area (Å²) in [6.07, 6.45) is 6.98. The van der Waals surface area contributed by atoms with E-state index in [9.17, 15) is 0 Å². The van der Waals surface area contributed by atoms with Gasteiger partial charge in [0.05, 0.1) is 5.69 Å². The molecule has 1 aliphatic carbocycles. The third kappa shape index (κ3) is 3.50. The fourth-order valence-electron chi connectivity index (χ4n) is 3.17. The quantitative estimate of drug-likeness (QED) is 0.829. The van der Waals surface area contributed by atoms with E-state index in [1.165, 1.54) is 30.4 Å². The third-order valence-electron chi connectivity index (χ3n) is 4.22. The predicted molar refractivity (Wildman–Crippen MR) is 84.1 cm³/mol. The molecule has 112 valence electrons. The van der Waals surface area contributed by atoms with E-state index in [4.69, 9.17) is 0 Å². The average Bonchev–Trinajstić information content (AvgIpc) is 2.96. The van der Waals surface area contributed by atoms with Crippen LogP contribution in [0.4, 0.5) is 0 Å². The number of hydrogen-bond donors (Lipinski definition) is 1. The summed E-state index contributed by atoms with van der Waals surface area (Å²) in [4.78, 5) is 0. The third-order valence-corrected chi connectivity index (χ3v) is 4.22. The predicted octanol–water partition coefficient (Wildman–Crippen LogP) is 2.90. The lowest BCUT2D eigenvalue weighted by Crippen LogP contribution is -2.16. The molecule has 21 heavy (non-hydrogen) atoms. The molecule has 4 nitrogen and oxygen atoms in total. The Balaban J connectivity index is 1.65. The molecular formula is C17H24N4. The van der Waals surface area contributed by atoms with Crippen LogP contribution in [0.2, 0.25) is 0 Å². The fraction of sp³-hybridized carbons (Fsp3) is 0.529. The molecule has 0 aliphatic heterocycles. The Labute approximate surface area is 126 Å². The molecular weight excluding hydrogens is 260 g/mol. The van der Waals surface area contributed by atoms with Gasteiger partial charge in [0, 0.05) is 25.2 Å². The molecule has 2 aromatic rings. The second-order valence-corrected chi connectivity index (χ2v) is 5.90. The van der Waals surface area contributed by atoms with Gasteiger partial charge >= 0.3 is 0 Å². The van der Waals surface area contributed by atoms with Gasteiger partial charge in [-0.1, -0.05) is 36.4 Å². The van der Waals surface area contributed by atoms with Crippen LogP contribution in [0.25, 0.3) is 0 Å². The number of aryl methyl sites for hydroxylation is 1. The second-order valence-electron chi connectivity index (χ2n) is 5.90. The van der Waals surface area contributed by atoms with Gasteiger partial charge in [-0.25, -0.2) is 0 Å². The molecule has 0 fully saturated rings. The van der Waals surface area contributed by atoms with Crippen LogP contribution in [0.15, 0.2) is 30.5 Å². The topological polar surface area (TPSA) is 42.7 Å². The van der Waals surface area contributed by atoms with E-state index in [-0.39, 0.29) is 0 Å². The normalized spacial score (nSPS) is 17.7. The van der Waals surface area contributed by atoms with Gasteiger partial charge in [-0.15, -0.1) is 5.10 Å². The first-order chi connectivity index (χ1) is 10.4. The van der Waals surface area contributed by atoms with Gasteiger partial charge in [-0.3, -0.25) is 4.68 Å². The molecule has 1 aromatic heterocycles. The van der Waals surface area contributed by atoms with Crippen LogP contribution in [0.3, 0.4) is 0 Å². The molecule has 0 bridgehead atoms. The summed E-state index contributed by atoms with van der Waals surface area (Å²) < 4.78 is 2.01. The lowest BCUT2D eigenvalue weighted by atomic mass is 9.83. The first-order valence-corrected chi connectivity index (χ1v) is 8.04. The largest absolute Gasteiger partial charge is 0.311 e. The maximum Gasteiger partial charge on any atom is 0.0964 e. The van der Waals surface area contributed by atoms with Crippen molar-refractivity contribution in [3.63, 3.8) is 0 Å². The van der Waals surface area contributed by atoms with Crippen molar-refractivity contribution in [2.75, 3.05) is 6.54 Å². The lowest BCUT2D eigenvalue weighted by molar-refractivity contribution is 0.449. The molecule has 1 heterocycles. The van der Waals surface area contributed by atoms with Crippen molar-refractivity contribution in [2.24, 2.45) is 0 Å². The van der Waals surface area contributed by atoms with Crippen molar-refractivity contribution in [1.82, 2.24) is 20.3 Å². The molecule has 0 radical (unpaired) electrons. The Morgan fingerprint density at radius 3 is 3.14 bits per heavy atom.